The zero-order chi connectivity index (χ0) is 13.3. The predicted molar refractivity (Wildman–Crippen MR) is 69.0 cm³/mol. The fraction of sp³-hybridized carbons (Fsp3) is 0.429. The van der Waals surface area contributed by atoms with Crippen molar-refractivity contribution in [2.75, 3.05) is 6.54 Å². The predicted octanol–water partition coefficient (Wildman–Crippen LogP) is 1.19. The molecule has 0 bridgehead atoms. The van der Waals surface area contributed by atoms with Crippen LogP contribution in [0.5, 0.6) is 0 Å². The molecule has 1 heterocycles. The minimum atomic E-state index is -0.224. The molecule has 2 amide bonds. The van der Waals surface area contributed by atoms with Crippen LogP contribution in [0.25, 0.3) is 0 Å². The Morgan fingerprint density at radius 3 is 2.56 bits per heavy atom. The van der Waals surface area contributed by atoms with Crippen LogP contribution in [0.1, 0.15) is 29.8 Å². The molecule has 1 aromatic rings. The van der Waals surface area contributed by atoms with Crippen LogP contribution in [0.2, 0.25) is 0 Å². The lowest BCUT2D eigenvalue weighted by Crippen LogP contribution is -2.53. The summed E-state index contributed by atoms with van der Waals surface area (Å²) in [4.78, 5) is 25.8. The van der Waals surface area contributed by atoms with Crippen LogP contribution in [0.15, 0.2) is 24.3 Å². The van der Waals surface area contributed by atoms with E-state index in [4.69, 9.17) is 5.73 Å². The van der Waals surface area contributed by atoms with Crippen LogP contribution < -0.4 is 5.73 Å². The zero-order valence-electron chi connectivity index (χ0n) is 10.7. The lowest BCUT2D eigenvalue weighted by Gasteiger charge is -2.35. The summed E-state index contributed by atoms with van der Waals surface area (Å²) in [6, 6.07) is 7.04. The molecule has 1 aliphatic heterocycles. The van der Waals surface area contributed by atoms with Gasteiger partial charge in [-0.2, -0.15) is 0 Å². The van der Waals surface area contributed by atoms with E-state index in [1.165, 1.54) is 4.90 Å². The van der Waals surface area contributed by atoms with E-state index >= 15 is 0 Å². The summed E-state index contributed by atoms with van der Waals surface area (Å²) in [6.07, 6.45) is 0.283. The number of nitrogens with zero attached hydrogens (tertiary/aromatic N) is 1. The molecule has 4 nitrogen and oxygen atoms in total. The molecule has 1 atom stereocenters. The fourth-order valence-corrected chi connectivity index (χ4v) is 2.39. The molecule has 96 valence electrons. The Morgan fingerprint density at radius 2 is 1.94 bits per heavy atom. The molecule has 2 rings (SSSR count). The minimum Gasteiger partial charge on any atom is -0.328 e. The van der Waals surface area contributed by atoms with Crippen molar-refractivity contribution in [2.45, 2.75) is 26.3 Å². The summed E-state index contributed by atoms with van der Waals surface area (Å²) in [7, 11) is 0. The van der Waals surface area contributed by atoms with E-state index in [0.717, 1.165) is 5.56 Å². The topological polar surface area (TPSA) is 63.4 Å². The third-order valence-electron chi connectivity index (χ3n) is 3.42. The molecule has 1 aliphatic rings. The van der Waals surface area contributed by atoms with Gasteiger partial charge < -0.3 is 5.73 Å². The van der Waals surface area contributed by atoms with E-state index in [2.05, 4.69) is 0 Å². The first kappa shape index (κ1) is 12.8. The average molecular weight is 246 g/mol. The van der Waals surface area contributed by atoms with Crippen molar-refractivity contribution < 1.29 is 9.59 Å². The van der Waals surface area contributed by atoms with Crippen LogP contribution in [0.3, 0.4) is 0 Å². The first-order chi connectivity index (χ1) is 8.56. The Bertz CT molecular complexity index is 482. The van der Waals surface area contributed by atoms with Gasteiger partial charge in [0.1, 0.15) is 0 Å². The molecule has 2 N–H and O–H groups in total. The van der Waals surface area contributed by atoms with Gasteiger partial charge in [0.15, 0.2) is 0 Å². The number of amides is 2. The van der Waals surface area contributed by atoms with Gasteiger partial charge in [-0.15, -0.1) is 0 Å². The molecule has 0 saturated carbocycles. The number of rotatable bonds is 3. The van der Waals surface area contributed by atoms with Crippen LogP contribution in [-0.2, 0) is 11.2 Å². The number of benzene rings is 1. The van der Waals surface area contributed by atoms with Crippen molar-refractivity contribution in [2.24, 2.45) is 11.7 Å². The highest BCUT2D eigenvalue weighted by atomic mass is 16.2. The van der Waals surface area contributed by atoms with Crippen LogP contribution >= 0.6 is 0 Å². The smallest absolute Gasteiger partial charge is 0.261 e. The van der Waals surface area contributed by atoms with Crippen LogP contribution in [0.4, 0.5) is 0 Å². The van der Waals surface area contributed by atoms with Crippen molar-refractivity contribution in [1.82, 2.24) is 4.90 Å². The van der Waals surface area contributed by atoms with Gasteiger partial charge >= 0.3 is 0 Å². The Hall–Kier alpha value is -1.68. The van der Waals surface area contributed by atoms with Gasteiger partial charge in [-0.05, 0) is 17.5 Å². The molecule has 0 fully saturated rings. The highest BCUT2D eigenvalue weighted by Crippen LogP contribution is 2.23. The summed E-state index contributed by atoms with van der Waals surface area (Å²) >= 11 is 0. The lowest BCUT2D eigenvalue weighted by atomic mass is 9.94. The van der Waals surface area contributed by atoms with Gasteiger partial charge in [0.2, 0.25) is 5.91 Å². The number of imide groups is 1. The molecular formula is C14H18N2O2. The number of hydrogen-bond acceptors (Lipinski definition) is 3. The van der Waals surface area contributed by atoms with Crippen LogP contribution in [-0.4, -0.2) is 29.3 Å². The normalized spacial score (nSPS) is 17.0. The molecular weight excluding hydrogens is 228 g/mol. The first-order valence-corrected chi connectivity index (χ1v) is 6.20. The van der Waals surface area contributed by atoms with E-state index < -0.39 is 0 Å². The first-order valence-electron chi connectivity index (χ1n) is 6.20. The third-order valence-corrected chi connectivity index (χ3v) is 3.42. The molecule has 0 aliphatic carbocycles. The van der Waals surface area contributed by atoms with Crippen molar-refractivity contribution in [3.63, 3.8) is 0 Å². The standard InChI is InChI=1S/C14H18N2O2/c1-9(2)12(8-15)16-13(17)7-10-5-3-4-6-11(10)14(16)18/h3-6,9,12H,7-8,15H2,1-2H3. The van der Waals surface area contributed by atoms with E-state index in [9.17, 15) is 9.59 Å². The second-order valence-electron chi connectivity index (χ2n) is 4.95. The summed E-state index contributed by atoms with van der Waals surface area (Å²) < 4.78 is 0. The number of hydrogen-bond donors (Lipinski definition) is 1. The van der Waals surface area contributed by atoms with Gasteiger partial charge in [-0.25, -0.2) is 0 Å². The van der Waals surface area contributed by atoms with Gasteiger partial charge in [0.25, 0.3) is 5.91 Å². The molecule has 18 heavy (non-hydrogen) atoms. The summed E-state index contributed by atoms with van der Waals surface area (Å²) in [5.41, 5.74) is 7.13. The van der Waals surface area contributed by atoms with E-state index in [-0.39, 0.29) is 30.2 Å². The lowest BCUT2D eigenvalue weighted by molar-refractivity contribution is -0.130. The third kappa shape index (κ3) is 2.04. The Balaban J connectivity index is 2.40. The van der Waals surface area contributed by atoms with Crippen molar-refractivity contribution >= 4 is 11.8 Å². The Labute approximate surface area is 107 Å². The number of carbonyl (C=O) groups excluding carboxylic acids is 2. The quantitative estimate of drug-likeness (QED) is 0.815. The van der Waals surface area contributed by atoms with Gasteiger partial charge in [-0.3, -0.25) is 14.5 Å². The fourth-order valence-electron chi connectivity index (χ4n) is 2.39. The Kier molecular flexibility index (Phi) is 3.48. The molecule has 4 heteroatoms. The van der Waals surface area contributed by atoms with Gasteiger partial charge in [-0.1, -0.05) is 32.0 Å². The van der Waals surface area contributed by atoms with Gasteiger partial charge in [0.05, 0.1) is 12.5 Å². The second kappa shape index (κ2) is 4.90. The average Bonchev–Trinajstić information content (AvgIpc) is 2.34. The van der Waals surface area contributed by atoms with Crippen LogP contribution in [0, 0.1) is 5.92 Å². The molecule has 0 radical (unpaired) electrons. The SMILES string of the molecule is CC(C)C(CN)N1C(=O)Cc2ccccc2C1=O. The maximum Gasteiger partial charge on any atom is 0.261 e. The highest BCUT2D eigenvalue weighted by Gasteiger charge is 2.36. The zero-order valence-corrected chi connectivity index (χ0v) is 10.7. The van der Waals surface area contributed by atoms with E-state index in [1.54, 1.807) is 6.07 Å². The Morgan fingerprint density at radius 1 is 1.28 bits per heavy atom. The summed E-state index contributed by atoms with van der Waals surface area (Å²) in [6.45, 7) is 4.24. The molecule has 0 aromatic heterocycles. The summed E-state index contributed by atoms with van der Waals surface area (Å²) in [5, 5.41) is 0. The van der Waals surface area contributed by atoms with Crippen molar-refractivity contribution in [3.8, 4) is 0 Å². The molecule has 0 saturated heterocycles. The number of nitrogens with two attached hydrogens (primary N) is 1. The number of carbonyl (C=O) groups is 2. The highest BCUT2D eigenvalue weighted by molar-refractivity contribution is 6.10. The molecule has 0 spiro atoms. The number of fused-ring (bicyclic) bond motifs is 1. The molecule has 1 unspecified atom stereocenters. The van der Waals surface area contributed by atoms with E-state index in [1.807, 2.05) is 32.0 Å². The largest absolute Gasteiger partial charge is 0.328 e. The minimum absolute atomic E-state index is 0.150. The van der Waals surface area contributed by atoms with E-state index in [0.29, 0.717) is 12.1 Å². The second-order valence-corrected chi connectivity index (χ2v) is 4.95. The van der Waals surface area contributed by atoms with Gasteiger partial charge in [0, 0.05) is 12.1 Å². The van der Waals surface area contributed by atoms with Crippen molar-refractivity contribution in [1.29, 1.82) is 0 Å². The molecule has 1 aromatic carbocycles. The maximum absolute atomic E-state index is 12.4. The van der Waals surface area contributed by atoms with Crippen molar-refractivity contribution in [3.05, 3.63) is 35.4 Å². The maximum atomic E-state index is 12.4. The summed E-state index contributed by atoms with van der Waals surface area (Å²) in [5.74, 6) is -0.206. The monoisotopic (exact) mass is 246 g/mol.